The van der Waals surface area contributed by atoms with Gasteiger partial charge in [0.05, 0.1) is 12.0 Å². The number of aromatic nitrogens is 2. The number of rotatable bonds is 1. The van der Waals surface area contributed by atoms with Crippen molar-refractivity contribution in [2.75, 3.05) is 5.32 Å². The fourth-order valence-corrected chi connectivity index (χ4v) is 2.37. The Labute approximate surface area is 99.3 Å². The third-order valence-corrected chi connectivity index (χ3v) is 3.23. The van der Waals surface area contributed by atoms with Crippen LogP contribution in [-0.2, 0) is 6.42 Å². The minimum absolute atomic E-state index is 0.196. The maximum absolute atomic E-state index is 14.0. The molecule has 17 heavy (non-hydrogen) atoms. The van der Waals surface area contributed by atoms with E-state index in [0.717, 1.165) is 24.1 Å². The highest BCUT2D eigenvalue weighted by Crippen LogP contribution is 2.31. The molecule has 0 radical (unpaired) electrons. The van der Waals surface area contributed by atoms with Gasteiger partial charge in [0.25, 0.3) is 0 Å². The molecular weight excluding hydrogens is 217 g/mol. The van der Waals surface area contributed by atoms with Gasteiger partial charge in [-0.25, -0.2) is 9.37 Å². The molecule has 0 fully saturated rings. The van der Waals surface area contributed by atoms with Gasteiger partial charge >= 0.3 is 0 Å². The monoisotopic (exact) mass is 231 g/mol. The SMILES string of the molecule is CC1CCc2c(ccc(F)c2-n2ccnc2)N1. The van der Waals surface area contributed by atoms with Gasteiger partial charge in [-0.2, -0.15) is 0 Å². The van der Waals surface area contributed by atoms with Gasteiger partial charge in [-0.3, -0.25) is 0 Å². The van der Waals surface area contributed by atoms with Crippen molar-refractivity contribution in [1.82, 2.24) is 9.55 Å². The first-order valence-electron chi connectivity index (χ1n) is 5.82. The van der Waals surface area contributed by atoms with E-state index in [1.54, 1.807) is 23.3 Å². The Bertz CT molecular complexity index is 534. The Morgan fingerprint density at radius 3 is 3.12 bits per heavy atom. The van der Waals surface area contributed by atoms with Gasteiger partial charge < -0.3 is 9.88 Å². The summed E-state index contributed by atoms with van der Waals surface area (Å²) in [6, 6.07) is 3.78. The molecule has 0 amide bonds. The molecule has 0 saturated heterocycles. The normalized spacial score (nSPS) is 18.6. The molecule has 1 unspecified atom stereocenters. The first-order chi connectivity index (χ1) is 8.25. The van der Waals surface area contributed by atoms with E-state index in [4.69, 9.17) is 0 Å². The van der Waals surface area contributed by atoms with Crippen LogP contribution in [-0.4, -0.2) is 15.6 Å². The highest BCUT2D eigenvalue weighted by atomic mass is 19.1. The number of nitrogens with zero attached hydrogens (tertiary/aromatic N) is 2. The molecular formula is C13H14FN3. The Kier molecular flexibility index (Phi) is 2.35. The van der Waals surface area contributed by atoms with Gasteiger partial charge in [0.1, 0.15) is 5.82 Å². The van der Waals surface area contributed by atoms with Crippen molar-refractivity contribution in [2.24, 2.45) is 0 Å². The van der Waals surface area contributed by atoms with Crippen molar-refractivity contribution in [2.45, 2.75) is 25.8 Å². The van der Waals surface area contributed by atoms with E-state index in [1.165, 1.54) is 6.07 Å². The predicted octanol–water partition coefficient (Wildman–Crippen LogP) is 2.76. The molecule has 1 atom stereocenters. The Morgan fingerprint density at radius 2 is 2.35 bits per heavy atom. The second-order valence-corrected chi connectivity index (χ2v) is 4.48. The molecule has 3 rings (SSSR count). The van der Waals surface area contributed by atoms with Crippen LogP contribution in [0.5, 0.6) is 0 Å². The molecule has 1 aromatic heterocycles. The lowest BCUT2D eigenvalue weighted by molar-refractivity contribution is 0.606. The van der Waals surface area contributed by atoms with Gasteiger partial charge in [-0.1, -0.05) is 0 Å². The Hall–Kier alpha value is -1.84. The van der Waals surface area contributed by atoms with E-state index < -0.39 is 0 Å². The van der Waals surface area contributed by atoms with Crippen molar-refractivity contribution in [3.63, 3.8) is 0 Å². The average molecular weight is 231 g/mol. The summed E-state index contributed by atoms with van der Waals surface area (Å²) in [5.41, 5.74) is 2.70. The van der Waals surface area contributed by atoms with E-state index in [0.29, 0.717) is 11.7 Å². The van der Waals surface area contributed by atoms with Crippen LogP contribution < -0.4 is 5.32 Å². The smallest absolute Gasteiger partial charge is 0.147 e. The second kappa shape index (κ2) is 3.87. The van der Waals surface area contributed by atoms with Crippen LogP contribution in [0, 0.1) is 5.82 Å². The van der Waals surface area contributed by atoms with Crippen LogP contribution in [0.2, 0.25) is 0 Å². The molecule has 2 heterocycles. The Morgan fingerprint density at radius 1 is 1.47 bits per heavy atom. The third-order valence-electron chi connectivity index (χ3n) is 3.23. The number of fused-ring (bicyclic) bond motifs is 1. The highest BCUT2D eigenvalue weighted by Gasteiger charge is 2.20. The molecule has 1 N–H and O–H groups in total. The molecule has 0 aliphatic carbocycles. The van der Waals surface area contributed by atoms with Gasteiger partial charge in [-0.15, -0.1) is 0 Å². The van der Waals surface area contributed by atoms with Crippen molar-refractivity contribution in [3.8, 4) is 5.69 Å². The largest absolute Gasteiger partial charge is 0.382 e. The van der Waals surface area contributed by atoms with E-state index in [9.17, 15) is 4.39 Å². The third kappa shape index (κ3) is 1.69. The van der Waals surface area contributed by atoms with E-state index in [2.05, 4.69) is 17.2 Å². The number of benzene rings is 1. The number of anilines is 1. The molecule has 88 valence electrons. The fraction of sp³-hybridized carbons (Fsp3) is 0.308. The van der Waals surface area contributed by atoms with Crippen LogP contribution in [0.25, 0.3) is 5.69 Å². The van der Waals surface area contributed by atoms with E-state index in [1.807, 2.05) is 6.07 Å². The quantitative estimate of drug-likeness (QED) is 0.817. The molecule has 0 bridgehead atoms. The lowest BCUT2D eigenvalue weighted by Gasteiger charge is -2.26. The zero-order valence-corrected chi connectivity index (χ0v) is 9.65. The number of nitrogens with one attached hydrogen (secondary N) is 1. The van der Waals surface area contributed by atoms with Crippen LogP contribution in [0.15, 0.2) is 30.9 Å². The topological polar surface area (TPSA) is 29.9 Å². The first-order valence-corrected chi connectivity index (χ1v) is 5.82. The number of hydrogen-bond donors (Lipinski definition) is 1. The molecule has 0 saturated carbocycles. The zero-order chi connectivity index (χ0) is 11.8. The summed E-state index contributed by atoms with van der Waals surface area (Å²) >= 11 is 0. The van der Waals surface area contributed by atoms with Gasteiger partial charge in [0.15, 0.2) is 0 Å². The summed E-state index contributed by atoms with van der Waals surface area (Å²) < 4.78 is 15.7. The average Bonchev–Trinajstić information content (AvgIpc) is 2.82. The summed E-state index contributed by atoms with van der Waals surface area (Å²) in [6.07, 6.45) is 7.00. The van der Waals surface area contributed by atoms with Gasteiger partial charge in [0.2, 0.25) is 0 Å². The summed E-state index contributed by atoms with van der Waals surface area (Å²) in [5, 5.41) is 3.39. The summed E-state index contributed by atoms with van der Waals surface area (Å²) in [4.78, 5) is 3.98. The first kappa shape index (κ1) is 10.3. The molecule has 1 aliphatic heterocycles. The summed E-state index contributed by atoms with van der Waals surface area (Å²) in [6.45, 7) is 2.14. The van der Waals surface area contributed by atoms with Crippen LogP contribution in [0.1, 0.15) is 18.9 Å². The van der Waals surface area contributed by atoms with E-state index >= 15 is 0 Å². The van der Waals surface area contributed by atoms with Crippen molar-refractivity contribution in [1.29, 1.82) is 0 Å². The minimum Gasteiger partial charge on any atom is -0.382 e. The second-order valence-electron chi connectivity index (χ2n) is 4.48. The van der Waals surface area contributed by atoms with Crippen LogP contribution >= 0.6 is 0 Å². The van der Waals surface area contributed by atoms with Gasteiger partial charge in [0, 0.05) is 29.7 Å². The summed E-state index contributed by atoms with van der Waals surface area (Å²) in [7, 11) is 0. The van der Waals surface area contributed by atoms with Crippen molar-refractivity contribution in [3.05, 3.63) is 42.2 Å². The zero-order valence-electron chi connectivity index (χ0n) is 9.65. The molecule has 3 nitrogen and oxygen atoms in total. The maximum Gasteiger partial charge on any atom is 0.147 e. The lowest BCUT2D eigenvalue weighted by Crippen LogP contribution is -2.23. The predicted molar refractivity (Wildman–Crippen MR) is 64.9 cm³/mol. The molecule has 4 heteroatoms. The minimum atomic E-state index is -0.196. The highest BCUT2D eigenvalue weighted by molar-refractivity contribution is 5.62. The van der Waals surface area contributed by atoms with Gasteiger partial charge in [-0.05, 0) is 31.9 Å². The molecule has 2 aromatic rings. The van der Waals surface area contributed by atoms with Crippen molar-refractivity contribution >= 4 is 5.69 Å². The van der Waals surface area contributed by atoms with Crippen molar-refractivity contribution < 1.29 is 4.39 Å². The molecule has 1 aromatic carbocycles. The van der Waals surface area contributed by atoms with E-state index in [-0.39, 0.29) is 5.82 Å². The maximum atomic E-state index is 14.0. The Balaban J connectivity index is 2.17. The van der Waals surface area contributed by atoms with Crippen LogP contribution in [0.4, 0.5) is 10.1 Å². The number of halogens is 1. The molecule has 1 aliphatic rings. The standard InChI is InChI=1S/C13H14FN3/c1-9-2-3-10-12(16-9)5-4-11(14)13(10)17-7-6-15-8-17/h4-9,16H,2-3H2,1H3. The fourth-order valence-electron chi connectivity index (χ4n) is 2.37. The number of imidazole rings is 1. The summed E-state index contributed by atoms with van der Waals surface area (Å²) in [5.74, 6) is -0.196. The molecule has 0 spiro atoms. The van der Waals surface area contributed by atoms with Crippen LogP contribution in [0.3, 0.4) is 0 Å². The lowest BCUT2D eigenvalue weighted by atomic mass is 9.97. The number of hydrogen-bond acceptors (Lipinski definition) is 2.